The number of aryl methyl sites for hydroxylation is 1. The SMILES string of the molecule is CC(C)c1noc(CN2CCCn3nc(C(O)c4ccccc4)cc3C2)n1. The minimum atomic E-state index is -0.705. The van der Waals surface area contributed by atoms with E-state index < -0.39 is 6.10 Å². The van der Waals surface area contributed by atoms with Gasteiger partial charge in [-0.15, -0.1) is 0 Å². The molecule has 3 aromatic rings. The summed E-state index contributed by atoms with van der Waals surface area (Å²) in [7, 11) is 0. The van der Waals surface area contributed by atoms with E-state index in [1.807, 2.05) is 41.1 Å². The van der Waals surface area contributed by atoms with Crippen molar-refractivity contribution in [2.45, 2.75) is 51.9 Å². The Morgan fingerprint density at radius 2 is 2.00 bits per heavy atom. The molecule has 0 saturated carbocycles. The third kappa shape index (κ3) is 3.94. The van der Waals surface area contributed by atoms with Gasteiger partial charge in [-0.3, -0.25) is 9.58 Å². The van der Waals surface area contributed by atoms with Gasteiger partial charge in [0.25, 0.3) is 0 Å². The molecule has 142 valence electrons. The average molecular weight is 367 g/mol. The summed E-state index contributed by atoms with van der Waals surface area (Å²) in [5.74, 6) is 1.66. The summed E-state index contributed by atoms with van der Waals surface area (Å²) in [6.45, 7) is 7.26. The van der Waals surface area contributed by atoms with Gasteiger partial charge in [0.15, 0.2) is 5.82 Å². The Bertz CT molecular complexity index is 887. The molecule has 0 amide bonds. The van der Waals surface area contributed by atoms with Crippen molar-refractivity contribution in [3.8, 4) is 0 Å². The lowest BCUT2D eigenvalue weighted by Crippen LogP contribution is -2.23. The van der Waals surface area contributed by atoms with Gasteiger partial charge in [0, 0.05) is 25.6 Å². The van der Waals surface area contributed by atoms with Crippen LogP contribution in [0.1, 0.15) is 61.0 Å². The number of aliphatic hydroxyl groups is 1. The van der Waals surface area contributed by atoms with Crippen molar-refractivity contribution in [2.24, 2.45) is 0 Å². The van der Waals surface area contributed by atoms with Crippen molar-refractivity contribution in [3.05, 3.63) is 65.1 Å². The predicted molar refractivity (Wildman–Crippen MR) is 99.8 cm³/mol. The summed E-state index contributed by atoms with van der Waals surface area (Å²) >= 11 is 0. The molecule has 7 heteroatoms. The number of nitrogens with zero attached hydrogens (tertiary/aromatic N) is 5. The summed E-state index contributed by atoms with van der Waals surface area (Å²) in [5.41, 5.74) is 2.65. The predicted octanol–water partition coefficient (Wildman–Crippen LogP) is 2.88. The summed E-state index contributed by atoms with van der Waals surface area (Å²) in [5, 5.41) is 19.3. The third-order valence-electron chi connectivity index (χ3n) is 4.87. The van der Waals surface area contributed by atoms with Crippen molar-refractivity contribution in [3.63, 3.8) is 0 Å². The Morgan fingerprint density at radius 1 is 1.19 bits per heavy atom. The first-order valence-corrected chi connectivity index (χ1v) is 9.44. The number of rotatable bonds is 5. The lowest BCUT2D eigenvalue weighted by Gasteiger charge is -2.16. The zero-order valence-corrected chi connectivity index (χ0v) is 15.7. The molecule has 0 spiro atoms. The van der Waals surface area contributed by atoms with Crippen LogP contribution < -0.4 is 0 Å². The van der Waals surface area contributed by atoms with Gasteiger partial charge in [0.1, 0.15) is 6.10 Å². The van der Waals surface area contributed by atoms with Gasteiger partial charge in [-0.2, -0.15) is 10.1 Å². The topological polar surface area (TPSA) is 80.2 Å². The van der Waals surface area contributed by atoms with E-state index in [-0.39, 0.29) is 5.92 Å². The van der Waals surface area contributed by atoms with Gasteiger partial charge >= 0.3 is 0 Å². The normalized spacial score (nSPS) is 16.3. The molecule has 0 radical (unpaired) electrons. The maximum atomic E-state index is 10.6. The number of hydrogen-bond donors (Lipinski definition) is 1. The standard InChI is InChI=1S/C20H25N5O2/c1-14(2)20-21-18(27-23-20)13-24-9-6-10-25-16(12-24)11-17(22-25)19(26)15-7-4-3-5-8-15/h3-5,7-8,11,14,19,26H,6,9-10,12-13H2,1-2H3. The smallest absolute Gasteiger partial charge is 0.240 e. The summed E-state index contributed by atoms with van der Waals surface area (Å²) < 4.78 is 7.40. The van der Waals surface area contributed by atoms with Crippen LogP contribution in [0.2, 0.25) is 0 Å². The Morgan fingerprint density at radius 3 is 2.74 bits per heavy atom. The second kappa shape index (κ2) is 7.62. The average Bonchev–Trinajstić information content (AvgIpc) is 3.25. The largest absolute Gasteiger partial charge is 0.382 e. The Balaban J connectivity index is 1.49. The van der Waals surface area contributed by atoms with Crippen LogP contribution in [0.4, 0.5) is 0 Å². The van der Waals surface area contributed by atoms with Gasteiger partial charge in [0.2, 0.25) is 5.89 Å². The van der Waals surface area contributed by atoms with Crippen LogP contribution >= 0.6 is 0 Å². The fourth-order valence-electron chi connectivity index (χ4n) is 3.38. The molecular formula is C20H25N5O2. The van der Waals surface area contributed by atoms with Crippen molar-refractivity contribution >= 4 is 0 Å². The summed E-state index contributed by atoms with van der Waals surface area (Å²) in [4.78, 5) is 6.77. The third-order valence-corrected chi connectivity index (χ3v) is 4.87. The first kappa shape index (κ1) is 17.9. The Hall–Kier alpha value is -2.51. The highest BCUT2D eigenvalue weighted by molar-refractivity contribution is 5.26. The van der Waals surface area contributed by atoms with Crippen LogP contribution in [0, 0.1) is 0 Å². The molecule has 7 nitrogen and oxygen atoms in total. The molecule has 1 unspecified atom stereocenters. The minimum absolute atomic E-state index is 0.259. The highest BCUT2D eigenvalue weighted by Gasteiger charge is 2.22. The molecule has 0 saturated heterocycles. The number of aromatic nitrogens is 4. The Kier molecular flexibility index (Phi) is 5.05. The molecule has 4 rings (SSSR count). The van der Waals surface area contributed by atoms with Crippen LogP contribution in [0.3, 0.4) is 0 Å². The van der Waals surface area contributed by atoms with Gasteiger partial charge in [0.05, 0.1) is 17.9 Å². The summed E-state index contributed by atoms with van der Waals surface area (Å²) in [6, 6.07) is 11.6. The first-order chi connectivity index (χ1) is 13.1. The molecule has 1 aliphatic heterocycles. The molecule has 1 N–H and O–H groups in total. The van der Waals surface area contributed by atoms with E-state index in [9.17, 15) is 5.11 Å². The van der Waals surface area contributed by atoms with Crippen LogP contribution in [-0.4, -0.2) is 36.5 Å². The number of fused-ring (bicyclic) bond motifs is 1. The maximum Gasteiger partial charge on any atom is 0.240 e. The maximum absolute atomic E-state index is 10.6. The van der Waals surface area contributed by atoms with E-state index in [0.29, 0.717) is 18.1 Å². The molecule has 1 atom stereocenters. The lowest BCUT2D eigenvalue weighted by atomic mass is 10.1. The van der Waals surface area contributed by atoms with E-state index in [0.717, 1.165) is 43.1 Å². The number of benzene rings is 1. The minimum Gasteiger partial charge on any atom is -0.382 e. The number of aliphatic hydroxyl groups excluding tert-OH is 1. The van der Waals surface area contributed by atoms with E-state index in [2.05, 4.69) is 34.0 Å². The van der Waals surface area contributed by atoms with E-state index in [4.69, 9.17) is 4.52 Å². The molecular weight excluding hydrogens is 342 g/mol. The van der Waals surface area contributed by atoms with E-state index >= 15 is 0 Å². The Labute approximate surface area is 158 Å². The van der Waals surface area contributed by atoms with Crippen molar-refractivity contribution < 1.29 is 9.63 Å². The monoisotopic (exact) mass is 367 g/mol. The van der Waals surface area contributed by atoms with Gasteiger partial charge < -0.3 is 9.63 Å². The molecule has 1 aromatic carbocycles. The zero-order valence-electron chi connectivity index (χ0n) is 15.7. The molecule has 0 aliphatic carbocycles. The first-order valence-electron chi connectivity index (χ1n) is 9.44. The van der Waals surface area contributed by atoms with E-state index in [1.54, 1.807) is 0 Å². The molecule has 27 heavy (non-hydrogen) atoms. The van der Waals surface area contributed by atoms with Crippen molar-refractivity contribution in [2.75, 3.05) is 6.54 Å². The fourth-order valence-corrected chi connectivity index (χ4v) is 3.38. The molecule has 1 aliphatic rings. The second-order valence-electron chi connectivity index (χ2n) is 7.36. The quantitative estimate of drug-likeness (QED) is 0.747. The number of hydrogen-bond acceptors (Lipinski definition) is 6. The van der Waals surface area contributed by atoms with Gasteiger partial charge in [-0.05, 0) is 18.1 Å². The summed E-state index contributed by atoms with van der Waals surface area (Å²) in [6.07, 6.45) is 0.282. The highest BCUT2D eigenvalue weighted by Crippen LogP contribution is 2.24. The van der Waals surface area contributed by atoms with Crippen LogP contribution in [0.15, 0.2) is 40.9 Å². The van der Waals surface area contributed by atoms with Crippen molar-refractivity contribution in [1.82, 2.24) is 24.8 Å². The molecule has 0 fully saturated rings. The van der Waals surface area contributed by atoms with Crippen LogP contribution in [0.25, 0.3) is 0 Å². The molecule has 3 heterocycles. The molecule has 0 bridgehead atoms. The van der Waals surface area contributed by atoms with Crippen LogP contribution in [0.5, 0.6) is 0 Å². The van der Waals surface area contributed by atoms with E-state index in [1.165, 1.54) is 0 Å². The van der Waals surface area contributed by atoms with Crippen LogP contribution in [-0.2, 0) is 19.6 Å². The lowest BCUT2D eigenvalue weighted by molar-refractivity contribution is 0.212. The highest BCUT2D eigenvalue weighted by atomic mass is 16.5. The zero-order chi connectivity index (χ0) is 18.8. The fraction of sp³-hybridized carbons (Fsp3) is 0.450. The second-order valence-corrected chi connectivity index (χ2v) is 7.36. The van der Waals surface area contributed by atoms with Gasteiger partial charge in [-0.1, -0.05) is 49.3 Å². The molecule has 2 aromatic heterocycles. The van der Waals surface area contributed by atoms with Crippen molar-refractivity contribution in [1.29, 1.82) is 0 Å². The van der Waals surface area contributed by atoms with Gasteiger partial charge in [-0.25, -0.2) is 0 Å².